The minimum absolute atomic E-state index is 0.127. The average molecular weight is 377 g/mol. The zero-order valence-electron chi connectivity index (χ0n) is 15.1. The van der Waals surface area contributed by atoms with Crippen LogP contribution in [0.25, 0.3) is 11.4 Å². The smallest absolute Gasteiger partial charge is 0.289 e. The molecule has 1 aliphatic heterocycles. The van der Waals surface area contributed by atoms with Crippen LogP contribution in [0, 0.1) is 0 Å². The van der Waals surface area contributed by atoms with Gasteiger partial charge in [0.25, 0.3) is 11.8 Å². The third-order valence-corrected chi connectivity index (χ3v) is 4.61. The molecular formula is C20H19N5O3. The van der Waals surface area contributed by atoms with Gasteiger partial charge in [0.1, 0.15) is 0 Å². The predicted octanol–water partition coefficient (Wildman–Crippen LogP) is 2.17. The van der Waals surface area contributed by atoms with Gasteiger partial charge in [0.15, 0.2) is 11.6 Å². The first kappa shape index (κ1) is 17.8. The molecule has 0 saturated carbocycles. The fourth-order valence-corrected chi connectivity index (χ4v) is 3.19. The van der Waals surface area contributed by atoms with Crippen LogP contribution in [-0.2, 0) is 0 Å². The lowest BCUT2D eigenvalue weighted by molar-refractivity contribution is 0.0647. The summed E-state index contributed by atoms with van der Waals surface area (Å²) in [5.41, 5.74) is 1.16. The van der Waals surface area contributed by atoms with Crippen LogP contribution in [0.1, 0.15) is 33.8 Å². The zero-order chi connectivity index (χ0) is 19.3. The molecule has 3 aromatic heterocycles. The molecule has 8 nitrogen and oxygen atoms in total. The maximum atomic E-state index is 12.5. The summed E-state index contributed by atoms with van der Waals surface area (Å²) in [6, 6.07) is 6.86. The van der Waals surface area contributed by atoms with Crippen molar-refractivity contribution in [3.05, 3.63) is 66.6 Å². The Bertz CT molecular complexity index is 942. The van der Waals surface area contributed by atoms with E-state index in [-0.39, 0.29) is 17.9 Å². The summed E-state index contributed by atoms with van der Waals surface area (Å²) >= 11 is 0. The lowest BCUT2D eigenvalue weighted by Gasteiger charge is -2.32. The van der Waals surface area contributed by atoms with E-state index in [1.165, 1.54) is 18.7 Å². The minimum Gasteiger partial charge on any atom is -0.459 e. The van der Waals surface area contributed by atoms with Crippen molar-refractivity contribution in [2.75, 3.05) is 13.1 Å². The van der Waals surface area contributed by atoms with Gasteiger partial charge >= 0.3 is 0 Å². The number of hydrogen-bond donors (Lipinski definition) is 1. The summed E-state index contributed by atoms with van der Waals surface area (Å²) in [7, 11) is 0. The summed E-state index contributed by atoms with van der Waals surface area (Å²) in [5, 5.41) is 2.97. The highest BCUT2D eigenvalue weighted by Crippen LogP contribution is 2.15. The molecule has 1 atom stereocenters. The van der Waals surface area contributed by atoms with Gasteiger partial charge in [-0.3, -0.25) is 14.6 Å². The van der Waals surface area contributed by atoms with Gasteiger partial charge in [0, 0.05) is 49.5 Å². The lowest BCUT2D eigenvalue weighted by Crippen LogP contribution is -2.49. The predicted molar refractivity (Wildman–Crippen MR) is 100 cm³/mol. The van der Waals surface area contributed by atoms with Crippen LogP contribution < -0.4 is 5.32 Å². The Kier molecular flexibility index (Phi) is 5.09. The summed E-state index contributed by atoms with van der Waals surface area (Å²) in [5.74, 6) is 0.409. The van der Waals surface area contributed by atoms with Crippen molar-refractivity contribution in [1.82, 2.24) is 25.2 Å². The van der Waals surface area contributed by atoms with Gasteiger partial charge in [-0.15, -0.1) is 0 Å². The first-order chi connectivity index (χ1) is 13.7. The fraction of sp³-hybridized carbons (Fsp3) is 0.250. The third kappa shape index (κ3) is 3.90. The molecule has 0 radical (unpaired) electrons. The van der Waals surface area contributed by atoms with Crippen molar-refractivity contribution in [3.8, 4) is 11.4 Å². The SMILES string of the molecule is O=C(N[C@H]1CCCN(C(=O)c2ccco2)C1)c1cnc(-c2cccnc2)nc1. The molecule has 4 heterocycles. The molecule has 0 unspecified atom stereocenters. The summed E-state index contributed by atoms with van der Waals surface area (Å²) in [6.45, 7) is 1.09. The summed E-state index contributed by atoms with van der Waals surface area (Å²) in [4.78, 5) is 39.2. The molecule has 1 fully saturated rings. The highest BCUT2D eigenvalue weighted by atomic mass is 16.3. The summed E-state index contributed by atoms with van der Waals surface area (Å²) < 4.78 is 5.18. The van der Waals surface area contributed by atoms with Gasteiger partial charge in [0.05, 0.1) is 11.8 Å². The van der Waals surface area contributed by atoms with E-state index in [0.29, 0.717) is 30.2 Å². The molecule has 0 aromatic carbocycles. The Hall–Kier alpha value is -3.55. The van der Waals surface area contributed by atoms with E-state index >= 15 is 0 Å². The molecular weight excluding hydrogens is 358 g/mol. The van der Waals surface area contributed by atoms with E-state index in [4.69, 9.17) is 4.42 Å². The molecule has 142 valence electrons. The van der Waals surface area contributed by atoms with E-state index in [9.17, 15) is 9.59 Å². The molecule has 0 aliphatic carbocycles. The first-order valence-electron chi connectivity index (χ1n) is 9.07. The largest absolute Gasteiger partial charge is 0.459 e. The highest BCUT2D eigenvalue weighted by Gasteiger charge is 2.27. The van der Waals surface area contributed by atoms with Crippen molar-refractivity contribution < 1.29 is 14.0 Å². The standard InChI is InChI=1S/C20H19N5O3/c26-19(15-11-22-18(23-12-15)14-4-1-7-21-10-14)24-16-5-2-8-25(13-16)20(27)17-6-3-9-28-17/h1,3-4,6-7,9-12,16H,2,5,8,13H2,(H,24,26)/t16-/m0/s1. The Morgan fingerprint density at radius 2 is 2.00 bits per heavy atom. The first-order valence-corrected chi connectivity index (χ1v) is 9.07. The highest BCUT2D eigenvalue weighted by molar-refractivity contribution is 5.94. The van der Waals surface area contributed by atoms with Crippen molar-refractivity contribution in [3.63, 3.8) is 0 Å². The van der Waals surface area contributed by atoms with Crippen LogP contribution in [-0.4, -0.2) is 50.8 Å². The summed E-state index contributed by atoms with van der Waals surface area (Å²) in [6.07, 6.45) is 9.44. The quantitative estimate of drug-likeness (QED) is 0.748. The van der Waals surface area contributed by atoms with Crippen molar-refractivity contribution in [1.29, 1.82) is 0 Å². The minimum atomic E-state index is -0.255. The van der Waals surface area contributed by atoms with Crippen LogP contribution in [0.4, 0.5) is 0 Å². The number of amides is 2. The molecule has 2 amide bonds. The van der Waals surface area contributed by atoms with Crippen molar-refractivity contribution in [2.45, 2.75) is 18.9 Å². The fourth-order valence-electron chi connectivity index (χ4n) is 3.19. The van der Waals surface area contributed by atoms with Gasteiger partial charge in [-0.25, -0.2) is 9.97 Å². The van der Waals surface area contributed by atoms with Crippen molar-refractivity contribution in [2.24, 2.45) is 0 Å². The number of likely N-dealkylation sites (tertiary alicyclic amines) is 1. The van der Waals surface area contributed by atoms with E-state index in [2.05, 4.69) is 20.3 Å². The monoisotopic (exact) mass is 377 g/mol. The van der Waals surface area contributed by atoms with Crippen LogP contribution in [0.5, 0.6) is 0 Å². The Balaban J connectivity index is 1.38. The molecule has 1 saturated heterocycles. The maximum Gasteiger partial charge on any atom is 0.289 e. The Morgan fingerprint density at radius 1 is 1.14 bits per heavy atom. The number of furan rings is 1. The molecule has 4 rings (SSSR count). The molecule has 0 spiro atoms. The van der Waals surface area contributed by atoms with Gasteiger partial charge in [-0.1, -0.05) is 0 Å². The Labute approximate surface area is 161 Å². The molecule has 28 heavy (non-hydrogen) atoms. The van der Waals surface area contributed by atoms with Gasteiger partial charge in [0.2, 0.25) is 0 Å². The topological polar surface area (TPSA) is 101 Å². The number of pyridine rings is 1. The van der Waals surface area contributed by atoms with Crippen LogP contribution in [0.2, 0.25) is 0 Å². The number of piperidine rings is 1. The number of hydrogen-bond acceptors (Lipinski definition) is 6. The number of carbonyl (C=O) groups is 2. The number of carbonyl (C=O) groups excluding carboxylic acids is 2. The second-order valence-corrected chi connectivity index (χ2v) is 6.58. The molecule has 1 aliphatic rings. The van der Waals surface area contributed by atoms with E-state index < -0.39 is 0 Å². The van der Waals surface area contributed by atoms with Gasteiger partial charge in [-0.2, -0.15) is 0 Å². The van der Waals surface area contributed by atoms with Gasteiger partial charge < -0.3 is 14.6 Å². The second-order valence-electron chi connectivity index (χ2n) is 6.58. The maximum absolute atomic E-state index is 12.5. The Morgan fingerprint density at radius 3 is 2.71 bits per heavy atom. The molecule has 8 heteroatoms. The van der Waals surface area contributed by atoms with Crippen LogP contribution in [0.3, 0.4) is 0 Å². The lowest BCUT2D eigenvalue weighted by atomic mass is 10.0. The van der Waals surface area contributed by atoms with E-state index in [0.717, 1.165) is 18.4 Å². The van der Waals surface area contributed by atoms with Crippen LogP contribution >= 0.6 is 0 Å². The van der Waals surface area contributed by atoms with E-state index in [1.54, 1.807) is 35.5 Å². The molecule has 1 N–H and O–H groups in total. The van der Waals surface area contributed by atoms with Crippen molar-refractivity contribution >= 4 is 11.8 Å². The normalized spacial score (nSPS) is 16.6. The zero-order valence-corrected chi connectivity index (χ0v) is 15.1. The number of aromatic nitrogens is 3. The van der Waals surface area contributed by atoms with E-state index in [1.807, 2.05) is 6.07 Å². The van der Waals surface area contributed by atoms with Gasteiger partial charge in [-0.05, 0) is 37.1 Å². The average Bonchev–Trinajstić information content (AvgIpc) is 3.29. The number of nitrogens with one attached hydrogen (secondary N) is 1. The molecule has 3 aromatic rings. The van der Waals surface area contributed by atoms with Crippen LogP contribution in [0.15, 0.2) is 59.7 Å². The third-order valence-electron chi connectivity index (χ3n) is 4.61. The number of rotatable bonds is 4. The number of nitrogens with zero attached hydrogens (tertiary/aromatic N) is 4. The second kappa shape index (κ2) is 7.99. The molecule has 0 bridgehead atoms.